The van der Waals surface area contributed by atoms with Crippen LogP contribution >= 0.6 is 0 Å². The SMILES string of the molecule is O=C(O)C(F)(F)F.O=S(=O)(NC[C@]12COC[C@H]1CN(c1ncc(F)cn1)C2)C1CC1. The Labute approximate surface area is 169 Å². The fourth-order valence-electron chi connectivity index (χ4n) is 3.44. The van der Waals surface area contributed by atoms with E-state index in [-0.39, 0.29) is 16.6 Å². The molecule has 1 aromatic heterocycles. The van der Waals surface area contributed by atoms with Crippen LogP contribution in [0.4, 0.5) is 23.5 Å². The molecule has 9 nitrogen and oxygen atoms in total. The molecule has 0 radical (unpaired) electrons. The van der Waals surface area contributed by atoms with Gasteiger partial charge in [-0.2, -0.15) is 13.2 Å². The predicted molar refractivity (Wildman–Crippen MR) is 94.6 cm³/mol. The van der Waals surface area contributed by atoms with Crippen molar-refractivity contribution in [1.82, 2.24) is 14.7 Å². The first-order chi connectivity index (χ1) is 13.9. The fourth-order valence-corrected chi connectivity index (χ4v) is 4.92. The molecular formula is C16H20F4N4O5S. The van der Waals surface area contributed by atoms with Gasteiger partial charge in [-0.1, -0.05) is 0 Å². The number of sulfonamides is 1. The van der Waals surface area contributed by atoms with E-state index in [2.05, 4.69) is 14.7 Å². The summed E-state index contributed by atoms with van der Waals surface area (Å²) < 4.78 is 77.3. The monoisotopic (exact) mass is 456 g/mol. The number of rotatable bonds is 5. The Bertz CT molecular complexity index is 879. The lowest BCUT2D eigenvalue weighted by atomic mass is 9.81. The van der Waals surface area contributed by atoms with Crippen LogP contribution in [-0.2, 0) is 19.6 Å². The second-order valence-corrected chi connectivity index (χ2v) is 9.57. The Hall–Kier alpha value is -2.06. The predicted octanol–water partition coefficient (Wildman–Crippen LogP) is 0.784. The summed E-state index contributed by atoms with van der Waals surface area (Å²) in [5.41, 5.74) is -0.264. The molecular weight excluding hydrogens is 436 g/mol. The topological polar surface area (TPSA) is 122 Å². The number of hydrogen-bond donors (Lipinski definition) is 2. The van der Waals surface area contributed by atoms with Crippen molar-refractivity contribution in [3.63, 3.8) is 0 Å². The smallest absolute Gasteiger partial charge is 0.475 e. The molecule has 0 amide bonds. The van der Waals surface area contributed by atoms with Gasteiger partial charge in [-0.3, -0.25) is 0 Å². The number of nitrogens with one attached hydrogen (secondary N) is 1. The summed E-state index contributed by atoms with van der Waals surface area (Å²) in [5, 5.41) is 6.90. The molecule has 0 unspecified atom stereocenters. The van der Waals surface area contributed by atoms with Crippen molar-refractivity contribution in [1.29, 1.82) is 0 Å². The molecule has 3 fully saturated rings. The van der Waals surface area contributed by atoms with Crippen LogP contribution in [0.2, 0.25) is 0 Å². The van der Waals surface area contributed by atoms with Gasteiger partial charge in [0.1, 0.15) is 0 Å². The zero-order valence-corrected chi connectivity index (χ0v) is 16.4. The molecule has 0 aromatic carbocycles. The number of alkyl halides is 3. The van der Waals surface area contributed by atoms with Crippen molar-refractivity contribution >= 4 is 21.9 Å². The molecule has 30 heavy (non-hydrogen) atoms. The van der Waals surface area contributed by atoms with Crippen LogP contribution in [0.25, 0.3) is 0 Å². The molecule has 168 valence electrons. The Balaban J connectivity index is 0.000000318. The van der Waals surface area contributed by atoms with Crippen molar-refractivity contribution in [3.8, 4) is 0 Å². The van der Waals surface area contributed by atoms with Gasteiger partial charge in [0.15, 0.2) is 5.82 Å². The average Bonchev–Trinajstić information content (AvgIpc) is 3.36. The van der Waals surface area contributed by atoms with Crippen molar-refractivity contribution in [3.05, 3.63) is 18.2 Å². The highest BCUT2D eigenvalue weighted by Crippen LogP contribution is 2.42. The number of fused-ring (bicyclic) bond motifs is 1. The third kappa shape index (κ3) is 5.16. The number of aliphatic carboxylic acids is 1. The molecule has 3 aliphatic rings. The minimum Gasteiger partial charge on any atom is -0.475 e. The lowest BCUT2D eigenvalue weighted by Crippen LogP contribution is -2.44. The van der Waals surface area contributed by atoms with E-state index in [1.165, 1.54) is 0 Å². The Morgan fingerprint density at radius 1 is 1.33 bits per heavy atom. The van der Waals surface area contributed by atoms with Gasteiger partial charge in [0, 0.05) is 31.0 Å². The van der Waals surface area contributed by atoms with Crippen LogP contribution in [0.1, 0.15) is 12.8 Å². The molecule has 1 aromatic rings. The molecule has 2 saturated heterocycles. The number of carboxylic acid groups (broad SMARTS) is 1. The van der Waals surface area contributed by atoms with Crippen molar-refractivity contribution in [2.45, 2.75) is 24.3 Å². The summed E-state index contributed by atoms with van der Waals surface area (Å²) in [5.74, 6) is -2.53. The number of carbonyl (C=O) groups is 1. The van der Waals surface area contributed by atoms with E-state index >= 15 is 0 Å². The Kier molecular flexibility index (Phi) is 6.20. The van der Waals surface area contributed by atoms with Gasteiger partial charge in [-0.05, 0) is 12.8 Å². The van der Waals surface area contributed by atoms with Crippen molar-refractivity contribution in [2.24, 2.45) is 11.3 Å². The quantitative estimate of drug-likeness (QED) is 0.624. The van der Waals surface area contributed by atoms with Crippen LogP contribution in [0.5, 0.6) is 0 Å². The second kappa shape index (κ2) is 8.23. The summed E-state index contributed by atoms with van der Waals surface area (Å²) >= 11 is 0. The summed E-state index contributed by atoms with van der Waals surface area (Å²) in [4.78, 5) is 18.9. The molecule has 3 heterocycles. The van der Waals surface area contributed by atoms with E-state index in [9.17, 15) is 26.0 Å². The highest BCUT2D eigenvalue weighted by Gasteiger charge is 2.52. The zero-order chi connectivity index (χ0) is 22.2. The Morgan fingerprint density at radius 2 is 1.93 bits per heavy atom. The Morgan fingerprint density at radius 3 is 2.47 bits per heavy atom. The molecule has 0 spiro atoms. The van der Waals surface area contributed by atoms with Gasteiger partial charge >= 0.3 is 12.1 Å². The summed E-state index contributed by atoms with van der Waals surface area (Å²) in [6.07, 6.45) is -1.29. The maximum Gasteiger partial charge on any atom is 0.490 e. The van der Waals surface area contributed by atoms with Gasteiger partial charge in [-0.25, -0.2) is 32.3 Å². The van der Waals surface area contributed by atoms with Crippen molar-refractivity contribution < 1.29 is 40.6 Å². The van der Waals surface area contributed by atoms with Crippen LogP contribution in [0.15, 0.2) is 12.4 Å². The number of carboxylic acids is 1. The molecule has 2 atom stereocenters. The summed E-state index contributed by atoms with van der Waals surface area (Å²) in [6, 6.07) is 0. The van der Waals surface area contributed by atoms with E-state index < -0.39 is 28.0 Å². The maximum atomic E-state index is 13.0. The van der Waals surface area contributed by atoms with Gasteiger partial charge < -0.3 is 14.7 Å². The van der Waals surface area contributed by atoms with E-state index in [0.717, 1.165) is 25.2 Å². The maximum absolute atomic E-state index is 13.0. The average molecular weight is 456 g/mol. The van der Waals surface area contributed by atoms with E-state index in [4.69, 9.17) is 14.6 Å². The molecule has 2 aliphatic heterocycles. The molecule has 1 saturated carbocycles. The van der Waals surface area contributed by atoms with E-state index in [0.29, 0.717) is 38.8 Å². The van der Waals surface area contributed by atoms with Gasteiger partial charge in [0.25, 0.3) is 0 Å². The number of anilines is 1. The third-order valence-electron chi connectivity index (χ3n) is 5.24. The second-order valence-electron chi connectivity index (χ2n) is 7.52. The normalized spacial score (nSPS) is 26.1. The first-order valence-electron chi connectivity index (χ1n) is 9.02. The fraction of sp³-hybridized carbons (Fsp3) is 0.688. The number of halogens is 4. The zero-order valence-electron chi connectivity index (χ0n) is 15.6. The minimum atomic E-state index is -5.08. The lowest BCUT2D eigenvalue weighted by molar-refractivity contribution is -0.192. The number of nitrogens with zero attached hydrogens (tertiary/aromatic N) is 3. The highest BCUT2D eigenvalue weighted by atomic mass is 32.2. The van der Waals surface area contributed by atoms with Gasteiger partial charge in [0.2, 0.25) is 16.0 Å². The van der Waals surface area contributed by atoms with Crippen LogP contribution in [-0.4, -0.2) is 73.7 Å². The number of hydrogen-bond acceptors (Lipinski definition) is 7. The van der Waals surface area contributed by atoms with Crippen molar-refractivity contribution in [2.75, 3.05) is 37.7 Å². The highest BCUT2D eigenvalue weighted by molar-refractivity contribution is 7.90. The molecule has 4 rings (SSSR count). The van der Waals surface area contributed by atoms with E-state index in [1.807, 2.05) is 4.90 Å². The van der Waals surface area contributed by atoms with Crippen LogP contribution < -0.4 is 9.62 Å². The van der Waals surface area contributed by atoms with E-state index in [1.54, 1.807) is 0 Å². The van der Waals surface area contributed by atoms with Gasteiger partial charge in [0.05, 0.1) is 30.9 Å². The van der Waals surface area contributed by atoms with Crippen LogP contribution in [0, 0.1) is 17.2 Å². The lowest BCUT2D eigenvalue weighted by Gasteiger charge is -2.27. The standard InChI is InChI=1S/C14H19FN4O3S.C2HF3O2/c15-11-3-16-13(17-4-11)19-5-10-6-22-9-14(10,8-19)7-18-23(20,21)12-1-2-12;3-2(4,5)1(6)7/h3-4,10,12,18H,1-2,5-9H2;(H,6,7)/t10-,14+;/m1./s1. The molecule has 1 aliphatic carbocycles. The van der Waals surface area contributed by atoms with Crippen LogP contribution in [0.3, 0.4) is 0 Å². The molecule has 14 heteroatoms. The summed E-state index contributed by atoms with van der Waals surface area (Å²) in [6.45, 7) is 2.78. The first-order valence-corrected chi connectivity index (χ1v) is 10.6. The third-order valence-corrected chi connectivity index (χ3v) is 7.14. The number of aromatic nitrogens is 2. The largest absolute Gasteiger partial charge is 0.490 e. The van der Waals surface area contributed by atoms with Gasteiger partial charge in [-0.15, -0.1) is 0 Å². The molecule has 2 N–H and O–H groups in total. The first kappa shape index (κ1) is 22.6. The number of ether oxygens (including phenoxy) is 1. The minimum absolute atomic E-state index is 0.220. The summed E-state index contributed by atoms with van der Waals surface area (Å²) in [7, 11) is -3.21. The molecule has 0 bridgehead atoms.